The molecule has 0 amide bonds. The maximum atomic E-state index is 13.1. The second-order valence-corrected chi connectivity index (χ2v) is 5.21. The third-order valence-electron chi connectivity index (χ3n) is 1.83. The number of rotatable bonds is 2. The second kappa shape index (κ2) is 4.02. The Kier molecular flexibility index (Phi) is 3.25. The minimum Gasteiger partial charge on any atom is -0.207 e. The van der Waals surface area contributed by atoms with E-state index in [0.29, 0.717) is 4.31 Å². The van der Waals surface area contributed by atoms with E-state index in [0.717, 1.165) is 14.1 Å². The monoisotopic (exact) mass is 257 g/mol. The highest BCUT2D eigenvalue weighted by atomic mass is 32.2. The van der Waals surface area contributed by atoms with Gasteiger partial charge in [-0.1, -0.05) is 0 Å². The van der Waals surface area contributed by atoms with Crippen LogP contribution in [0.15, 0.2) is 11.0 Å². The highest BCUT2D eigenvalue weighted by molar-refractivity contribution is 7.89. The fraction of sp³-hybridized carbons (Fsp3) is 0.250. The van der Waals surface area contributed by atoms with Crippen LogP contribution in [0.25, 0.3) is 0 Å². The molecule has 3 nitrogen and oxygen atoms in total. The smallest absolute Gasteiger partial charge is 0.207 e. The first-order chi connectivity index (χ1) is 7.19. The van der Waals surface area contributed by atoms with E-state index in [1.807, 2.05) is 0 Å². The zero-order valence-corrected chi connectivity index (χ0v) is 9.08. The maximum Gasteiger partial charge on any atom is 0.245 e. The summed E-state index contributed by atoms with van der Waals surface area (Å²) in [4.78, 5) is -1.24. The molecule has 0 bridgehead atoms. The van der Waals surface area contributed by atoms with Gasteiger partial charge in [-0.25, -0.2) is 30.3 Å². The van der Waals surface area contributed by atoms with Gasteiger partial charge in [0.25, 0.3) is 0 Å². The van der Waals surface area contributed by atoms with Crippen LogP contribution in [0.1, 0.15) is 0 Å². The summed E-state index contributed by atoms with van der Waals surface area (Å²) in [7, 11) is -2.26. The summed E-state index contributed by atoms with van der Waals surface area (Å²) in [6.45, 7) is 0. The standard InChI is InChI=1S/C8H7F4NO2S/c1-13(2)16(14,15)5-3-4(9)6(10)8(12)7(5)11/h3H,1-2H3. The van der Waals surface area contributed by atoms with Gasteiger partial charge < -0.3 is 0 Å². The maximum absolute atomic E-state index is 13.1. The van der Waals surface area contributed by atoms with Crippen molar-refractivity contribution in [3.8, 4) is 0 Å². The van der Waals surface area contributed by atoms with Crippen LogP contribution in [0.2, 0.25) is 0 Å². The second-order valence-electron chi connectivity index (χ2n) is 3.09. The third kappa shape index (κ3) is 1.90. The molecule has 0 aliphatic rings. The van der Waals surface area contributed by atoms with Gasteiger partial charge >= 0.3 is 0 Å². The fourth-order valence-electron chi connectivity index (χ4n) is 0.936. The molecule has 0 saturated carbocycles. The van der Waals surface area contributed by atoms with Gasteiger partial charge in [0.15, 0.2) is 23.3 Å². The van der Waals surface area contributed by atoms with E-state index < -0.39 is 38.2 Å². The summed E-state index contributed by atoms with van der Waals surface area (Å²) in [6.07, 6.45) is 0. The molecule has 1 rings (SSSR count). The molecular weight excluding hydrogens is 250 g/mol. The quantitative estimate of drug-likeness (QED) is 0.457. The zero-order chi connectivity index (χ0) is 12.7. The van der Waals surface area contributed by atoms with Crippen molar-refractivity contribution < 1.29 is 26.0 Å². The summed E-state index contributed by atoms with van der Waals surface area (Å²) >= 11 is 0. The van der Waals surface area contributed by atoms with Gasteiger partial charge in [-0.3, -0.25) is 0 Å². The molecular formula is C8H7F4NO2S. The minimum atomic E-state index is -4.36. The molecule has 0 aliphatic heterocycles. The molecule has 0 fully saturated rings. The van der Waals surface area contributed by atoms with Gasteiger partial charge in [-0.2, -0.15) is 0 Å². The molecule has 8 heteroatoms. The number of hydrogen-bond acceptors (Lipinski definition) is 2. The average Bonchev–Trinajstić information content (AvgIpc) is 2.19. The number of halogens is 4. The summed E-state index contributed by atoms with van der Waals surface area (Å²) in [5.41, 5.74) is 0. The zero-order valence-electron chi connectivity index (χ0n) is 8.26. The van der Waals surface area contributed by atoms with Crippen LogP contribution in [0.3, 0.4) is 0 Å². The van der Waals surface area contributed by atoms with Crippen molar-refractivity contribution in [3.05, 3.63) is 29.3 Å². The fourth-order valence-corrected chi connectivity index (χ4v) is 1.90. The van der Waals surface area contributed by atoms with E-state index in [2.05, 4.69) is 0 Å². The highest BCUT2D eigenvalue weighted by Crippen LogP contribution is 2.23. The van der Waals surface area contributed by atoms with E-state index >= 15 is 0 Å². The lowest BCUT2D eigenvalue weighted by Crippen LogP contribution is -2.24. The molecule has 0 unspecified atom stereocenters. The lowest BCUT2D eigenvalue weighted by Gasteiger charge is -2.12. The van der Waals surface area contributed by atoms with E-state index in [1.54, 1.807) is 0 Å². The summed E-state index contributed by atoms with van der Waals surface area (Å²) in [5, 5.41) is 0. The Morgan fingerprint density at radius 1 is 1.00 bits per heavy atom. The molecule has 0 spiro atoms. The molecule has 0 aliphatic carbocycles. The van der Waals surface area contributed by atoms with Gasteiger partial charge in [0.1, 0.15) is 4.90 Å². The Bertz CT molecular complexity index is 527. The molecule has 16 heavy (non-hydrogen) atoms. The van der Waals surface area contributed by atoms with Crippen molar-refractivity contribution in [3.63, 3.8) is 0 Å². The summed E-state index contributed by atoms with van der Waals surface area (Å²) in [5.74, 6) is -7.90. The van der Waals surface area contributed by atoms with Crippen molar-refractivity contribution in [2.75, 3.05) is 14.1 Å². The van der Waals surface area contributed by atoms with Crippen LogP contribution < -0.4 is 0 Å². The Labute approximate surface area is 89.3 Å². The van der Waals surface area contributed by atoms with E-state index in [4.69, 9.17) is 0 Å². The normalized spacial score (nSPS) is 12.2. The van der Waals surface area contributed by atoms with Gasteiger partial charge in [0, 0.05) is 20.2 Å². The Hall–Kier alpha value is -1.15. The third-order valence-corrected chi connectivity index (χ3v) is 3.64. The Morgan fingerprint density at radius 2 is 1.50 bits per heavy atom. The molecule has 1 aromatic carbocycles. The Balaban J connectivity index is 3.61. The molecule has 0 radical (unpaired) electrons. The lowest BCUT2D eigenvalue weighted by molar-refractivity contribution is 0.393. The molecule has 90 valence electrons. The predicted octanol–water partition coefficient (Wildman–Crippen LogP) is 1.49. The predicted molar refractivity (Wildman–Crippen MR) is 47.1 cm³/mol. The molecule has 0 atom stereocenters. The van der Waals surface area contributed by atoms with Crippen molar-refractivity contribution in [2.24, 2.45) is 0 Å². The number of nitrogens with zero attached hydrogens (tertiary/aromatic N) is 1. The average molecular weight is 257 g/mol. The first-order valence-corrected chi connectivity index (χ1v) is 5.39. The molecule has 0 saturated heterocycles. The molecule has 0 N–H and O–H groups in total. The van der Waals surface area contributed by atoms with Gasteiger partial charge in [0.2, 0.25) is 10.0 Å². The minimum absolute atomic E-state index is 0.100. The molecule has 1 aromatic rings. The van der Waals surface area contributed by atoms with E-state index in [1.165, 1.54) is 0 Å². The van der Waals surface area contributed by atoms with Crippen LogP contribution >= 0.6 is 0 Å². The van der Waals surface area contributed by atoms with Crippen LogP contribution in [0.4, 0.5) is 17.6 Å². The van der Waals surface area contributed by atoms with Crippen LogP contribution in [-0.4, -0.2) is 26.8 Å². The van der Waals surface area contributed by atoms with Crippen LogP contribution in [-0.2, 0) is 10.0 Å². The van der Waals surface area contributed by atoms with Crippen molar-refractivity contribution in [2.45, 2.75) is 4.90 Å². The topological polar surface area (TPSA) is 37.4 Å². The SMILES string of the molecule is CN(C)S(=O)(=O)c1cc(F)c(F)c(F)c1F. The first kappa shape index (κ1) is 12.9. The van der Waals surface area contributed by atoms with Gasteiger partial charge in [-0.05, 0) is 0 Å². The van der Waals surface area contributed by atoms with E-state index in [9.17, 15) is 26.0 Å². The summed E-state index contributed by atoms with van der Waals surface area (Å²) < 4.78 is 74.6. The van der Waals surface area contributed by atoms with E-state index in [-0.39, 0.29) is 6.07 Å². The first-order valence-electron chi connectivity index (χ1n) is 3.95. The molecule has 0 heterocycles. The van der Waals surface area contributed by atoms with Gasteiger partial charge in [0.05, 0.1) is 0 Å². The van der Waals surface area contributed by atoms with Gasteiger partial charge in [-0.15, -0.1) is 0 Å². The number of benzene rings is 1. The number of sulfonamides is 1. The van der Waals surface area contributed by atoms with Crippen LogP contribution in [0, 0.1) is 23.3 Å². The van der Waals surface area contributed by atoms with Crippen molar-refractivity contribution >= 4 is 10.0 Å². The van der Waals surface area contributed by atoms with Crippen LogP contribution in [0.5, 0.6) is 0 Å². The lowest BCUT2D eigenvalue weighted by atomic mass is 10.3. The largest absolute Gasteiger partial charge is 0.245 e. The molecule has 0 aromatic heterocycles. The van der Waals surface area contributed by atoms with Crippen molar-refractivity contribution in [1.29, 1.82) is 0 Å². The highest BCUT2D eigenvalue weighted by Gasteiger charge is 2.28. The Morgan fingerprint density at radius 3 is 1.94 bits per heavy atom. The number of hydrogen-bond donors (Lipinski definition) is 0. The summed E-state index contributed by atoms with van der Waals surface area (Å²) in [6, 6.07) is 0.100. The van der Waals surface area contributed by atoms with Crippen molar-refractivity contribution in [1.82, 2.24) is 4.31 Å².